The summed E-state index contributed by atoms with van der Waals surface area (Å²) in [7, 11) is 1.67. The number of unbranched alkanes of at least 4 members (excludes halogenated alkanes) is 1. The van der Waals surface area contributed by atoms with Gasteiger partial charge in [0.2, 0.25) is 0 Å². The molecule has 5 nitrogen and oxygen atoms in total. The maximum Gasteiger partial charge on any atom is 0.341 e. The first-order chi connectivity index (χ1) is 9.19. The summed E-state index contributed by atoms with van der Waals surface area (Å²) in [6, 6.07) is 4.97. The summed E-state index contributed by atoms with van der Waals surface area (Å²) >= 11 is 0. The monoisotopic (exact) mass is 267 g/mol. The molecule has 0 aliphatic rings. The van der Waals surface area contributed by atoms with E-state index in [2.05, 4.69) is 0 Å². The Morgan fingerprint density at radius 3 is 2.68 bits per heavy atom. The average Bonchev–Trinajstić information content (AvgIpc) is 2.40. The van der Waals surface area contributed by atoms with Gasteiger partial charge in [-0.15, -0.1) is 0 Å². The molecule has 0 unspecified atom stereocenters. The number of carbonyl (C=O) groups excluding carboxylic acids is 1. The van der Waals surface area contributed by atoms with Gasteiger partial charge in [-0.1, -0.05) is 0 Å². The Bertz CT molecular complexity index is 406. The zero-order valence-electron chi connectivity index (χ0n) is 11.5. The molecular weight excluding hydrogens is 246 g/mol. The number of rotatable bonds is 8. The number of benzene rings is 1. The van der Waals surface area contributed by atoms with Crippen LogP contribution < -0.4 is 10.5 Å². The third-order valence-corrected chi connectivity index (χ3v) is 2.50. The number of nitrogens with two attached hydrogens (primary N) is 1. The molecule has 0 heterocycles. The fraction of sp³-hybridized carbons (Fsp3) is 0.500. The number of esters is 1. The molecule has 2 N–H and O–H groups in total. The van der Waals surface area contributed by atoms with Gasteiger partial charge in [-0.25, -0.2) is 4.79 Å². The van der Waals surface area contributed by atoms with Gasteiger partial charge in [0.1, 0.15) is 11.3 Å². The smallest absolute Gasteiger partial charge is 0.341 e. The van der Waals surface area contributed by atoms with E-state index in [-0.39, 0.29) is 0 Å². The van der Waals surface area contributed by atoms with Crippen LogP contribution in [0.3, 0.4) is 0 Å². The van der Waals surface area contributed by atoms with E-state index >= 15 is 0 Å². The molecule has 19 heavy (non-hydrogen) atoms. The summed E-state index contributed by atoms with van der Waals surface area (Å²) in [6.45, 7) is 3.31. The number of methoxy groups -OCH3 is 1. The number of nitrogen functional groups attached to an aromatic ring is 1. The Labute approximate surface area is 113 Å². The van der Waals surface area contributed by atoms with Crippen molar-refractivity contribution in [3.05, 3.63) is 23.8 Å². The van der Waals surface area contributed by atoms with E-state index in [1.165, 1.54) is 0 Å². The van der Waals surface area contributed by atoms with Crippen LogP contribution in [0.1, 0.15) is 30.1 Å². The SMILES string of the molecule is CCOC(=O)c1cc(N)ccc1OCCCCOC. The van der Waals surface area contributed by atoms with Crippen molar-refractivity contribution >= 4 is 11.7 Å². The third-order valence-electron chi connectivity index (χ3n) is 2.50. The Morgan fingerprint density at radius 2 is 2.00 bits per heavy atom. The summed E-state index contributed by atoms with van der Waals surface area (Å²) in [5.41, 5.74) is 6.55. The van der Waals surface area contributed by atoms with Gasteiger partial charge < -0.3 is 19.9 Å². The van der Waals surface area contributed by atoms with Crippen molar-refractivity contribution in [3.8, 4) is 5.75 Å². The molecule has 0 radical (unpaired) electrons. The maximum atomic E-state index is 11.8. The summed E-state index contributed by atoms with van der Waals surface area (Å²) in [6.07, 6.45) is 1.78. The Kier molecular flexibility index (Phi) is 6.74. The average molecular weight is 267 g/mol. The van der Waals surface area contributed by atoms with E-state index in [0.29, 0.717) is 36.8 Å². The second kappa shape index (κ2) is 8.37. The molecule has 0 fully saturated rings. The predicted octanol–water partition coefficient (Wildman–Crippen LogP) is 2.25. The Hall–Kier alpha value is -1.75. The van der Waals surface area contributed by atoms with Crippen LogP contribution in [0.2, 0.25) is 0 Å². The minimum absolute atomic E-state index is 0.320. The van der Waals surface area contributed by atoms with Crippen LogP contribution in [0.25, 0.3) is 0 Å². The minimum atomic E-state index is -0.415. The molecule has 0 aromatic heterocycles. The normalized spacial score (nSPS) is 10.2. The van der Waals surface area contributed by atoms with Crippen molar-refractivity contribution in [2.75, 3.05) is 32.7 Å². The Morgan fingerprint density at radius 1 is 1.26 bits per heavy atom. The molecule has 0 aliphatic carbocycles. The van der Waals surface area contributed by atoms with Gasteiger partial charge in [0, 0.05) is 19.4 Å². The van der Waals surface area contributed by atoms with Crippen molar-refractivity contribution in [1.29, 1.82) is 0 Å². The van der Waals surface area contributed by atoms with E-state index in [0.717, 1.165) is 12.8 Å². The first-order valence-corrected chi connectivity index (χ1v) is 6.37. The number of hydrogen-bond acceptors (Lipinski definition) is 5. The molecule has 1 aromatic carbocycles. The van der Waals surface area contributed by atoms with Crippen LogP contribution in [0.15, 0.2) is 18.2 Å². The highest BCUT2D eigenvalue weighted by atomic mass is 16.5. The van der Waals surface area contributed by atoms with Crippen molar-refractivity contribution in [2.24, 2.45) is 0 Å². The molecule has 0 saturated heterocycles. The number of carbonyl (C=O) groups is 1. The standard InChI is InChI=1S/C14H21NO4/c1-3-18-14(16)12-10-11(15)6-7-13(12)19-9-5-4-8-17-2/h6-7,10H,3-5,8-9,15H2,1-2H3. The summed E-state index contributed by atoms with van der Waals surface area (Å²) in [5, 5.41) is 0. The van der Waals surface area contributed by atoms with Crippen LogP contribution in [-0.2, 0) is 9.47 Å². The minimum Gasteiger partial charge on any atom is -0.493 e. The van der Waals surface area contributed by atoms with Crippen LogP contribution in [0.5, 0.6) is 5.75 Å². The van der Waals surface area contributed by atoms with Gasteiger partial charge in [0.05, 0.1) is 13.2 Å². The summed E-state index contributed by atoms with van der Waals surface area (Å²) < 4.78 is 15.5. The number of ether oxygens (including phenoxy) is 3. The molecule has 1 rings (SSSR count). The third kappa shape index (κ3) is 5.18. The highest BCUT2D eigenvalue weighted by molar-refractivity contribution is 5.93. The number of anilines is 1. The molecule has 0 amide bonds. The molecule has 0 saturated carbocycles. The lowest BCUT2D eigenvalue weighted by Gasteiger charge is -2.11. The zero-order chi connectivity index (χ0) is 14.1. The van der Waals surface area contributed by atoms with Gasteiger partial charge in [-0.3, -0.25) is 0 Å². The molecule has 0 aliphatic heterocycles. The fourth-order valence-corrected chi connectivity index (χ4v) is 1.57. The van der Waals surface area contributed by atoms with Crippen molar-refractivity contribution in [1.82, 2.24) is 0 Å². The van der Waals surface area contributed by atoms with E-state index in [9.17, 15) is 4.79 Å². The van der Waals surface area contributed by atoms with Crippen molar-refractivity contribution < 1.29 is 19.0 Å². The van der Waals surface area contributed by atoms with Crippen LogP contribution in [0, 0.1) is 0 Å². The first-order valence-electron chi connectivity index (χ1n) is 6.37. The second-order valence-corrected chi connectivity index (χ2v) is 4.02. The highest BCUT2D eigenvalue weighted by Gasteiger charge is 2.14. The van der Waals surface area contributed by atoms with Gasteiger partial charge in [-0.05, 0) is 38.0 Å². The topological polar surface area (TPSA) is 70.8 Å². The molecule has 0 atom stereocenters. The maximum absolute atomic E-state index is 11.8. The van der Waals surface area contributed by atoms with Gasteiger partial charge >= 0.3 is 5.97 Å². The Balaban J connectivity index is 2.63. The fourth-order valence-electron chi connectivity index (χ4n) is 1.57. The van der Waals surface area contributed by atoms with E-state index in [4.69, 9.17) is 19.9 Å². The largest absolute Gasteiger partial charge is 0.493 e. The van der Waals surface area contributed by atoms with E-state index in [1.54, 1.807) is 32.2 Å². The predicted molar refractivity (Wildman–Crippen MR) is 73.4 cm³/mol. The van der Waals surface area contributed by atoms with Gasteiger partial charge in [0.25, 0.3) is 0 Å². The summed E-state index contributed by atoms with van der Waals surface area (Å²) in [5.74, 6) is 0.0896. The zero-order valence-corrected chi connectivity index (χ0v) is 11.5. The molecule has 0 spiro atoms. The van der Waals surface area contributed by atoms with Crippen molar-refractivity contribution in [3.63, 3.8) is 0 Å². The summed E-state index contributed by atoms with van der Waals surface area (Å²) in [4.78, 5) is 11.8. The lowest BCUT2D eigenvalue weighted by Crippen LogP contribution is -2.09. The lowest BCUT2D eigenvalue weighted by atomic mass is 10.2. The lowest BCUT2D eigenvalue weighted by molar-refractivity contribution is 0.0521. The number of hydrogen-bond donors (Lipinski definition) is 1. The molecule has 0 bridgehead atoms. The van der Waals surface area contributed by atoms with E-state index < -0.39 is 5.97 Å². The highest BCUT2D eigenvalue weighted by Crippen LogP contribution is 2.22. The molecule has 5 heteroatoms. The van der Waals surface area contributed by atoms with Crippen LogP contribution in [-0.4, -0.2) is 32.9 Å². The molecular formula is C14H21NO4. The quantitative estimate of drug-likeness (QED) is 0.444. The molecule has 1 aromatic rings. The van der Waals surface area contributed by atoms with Gasteiger partial charge in [0.15, 0.2) is 0 Å². The van der Waals surface area contributed by atoms with Gasteiger partial charge in [-0.2, -0.15) is 0 Å². The van der Waals surface area contributed by atoms with Crippen LogP contribution in [0.4, 0.5) is 5.69 Å². The van der Waals surface area contributed by atoms with Crippen molar-refractivity contribution in [2.45, 2.75) is 19.8 Å². The van der Waals surface area contributed by atoms with E-state index in [1.807, 2.05) is 0 Å². The second-order valence-electron chi connectivity index (χ2n) is 4.02. The molecule has 106 valence electrons. The van der Waals surface area contributed by atoms with Crippen LogP contribution >= 0.6 is 0 Å². The first kappa shape index (κ1) is 15.3.